The van der Waals surface area contributed by atoms with E-state index >= 15 is 0 Å². The van der Waals surface area contributed by atoms with Crippen LogP contribution in [0.4, 0.5) is 0 Å². The Balaban J connectivity index is 0.00000225. The number of hydrogen-bond acceptors (Lipinski definition) is 3. The molecule has 0 amide bonds. The van der Waals surface area contributed by atoms with Crippen LogP contribution in [0.5, 0.6) is 0 Å². The molecule has 1 fully saturated rings. The van der Waals surface area contributed by atoms with Crippen molar-refractivity contribution in [3.05, 3.63) is 12.2 Å². The van der Waals surface area contributed by atoms with E-state index in [0.717, 1.165) is 0 Å². The molecule has 1 heterocycles. The molecule has 1 aliphatic heterocycles. The molecule has 1 rings (SSSR count). The van der Waals surface area contributed by atoms with Crippen molar-refractivity contribution in [3.63, 3.8) is 0 Å². The van der Waals surface area contributed by atoms with Crippen LogP contribution in [0.1, 0.15) is 6.42 Å². The number of hydrogen-bond donors (Lipinski definition) is 0. The second kappa shape index (κ2) is 7.40. The fourth-order valence-electron chi connectivity index (χ4n) is 1.06. The molecule has 9 heteroatoms. The van der Waals surface area contributed by atoms with Gasteiger partial charge in [-0.25, -0.2) is 0 Å². The Morgan fingerprint density at radius 2 is 2.19 bits per heavy atom. The Morgan fingerprint density at radius 1 is 1.62 bits per heavy atom. The third-order valence-corrected chi connectivity index (χ3v) is 2.72. The summed E-state index contributed by atoms with van der Waals surface area (Å²) in [5, 5.41) is 3.93. The molecule has 0 N–H and O–H groups in total. The van der Waals surface area contributed by atoms with Crippen LogP contribution in [0.15, 0.2) is 0 Å². The summed E-state index contributed by atoms with van der Waals surface area (Å²) in [4.78, 5) is 11.3. The summed E-state index contributed by atoms with van der Waals surface area (Å²) in [5.74, 6) is -0.526. The molecular formula is C7H9Cl3NO3PY-2. The second-order valence-corrected chi connectivity index (χ2v) is 5.63. The zero-order chi connectivity index (χ0) is 11.6. The standard InChI is InChI=1S/C7H9Cl3NO3P.Y/c1-3(14-15)2-4-5(12)13-6(11-4)7(8,9)10;/h3-4,6H,1-2,15H2;/q-2;. The summed E-state index contributed by atoms with van der Waals surface area (Å²) in [6.07, 6.45) is -1.15. The van der Waals surface area contributed by atoms with Crippen molar-refractivity contribution in [2.24, 2.45) is 0 Å². The van der Waals surface area contributed by atoms with E-state index in [0.29, 0.717) is 6.42 Å². The molecule has 1 aliphatic rings. The number of rotatable bonds is 3. The van der Waals surface area contributed by atoms with Gasteiger partial charge in [0, 0.05) is 32.7 Å². The van der Waals surface area contributed by atoms with Gasteiger partial charge in [-0.15, -0.1) is 0 Å². The first-order chi connectivity index (χ1) is 6.84. The van der Waals surface area contributed by atoms with E-state index in [4.69, 9.17) is 44.1 Å². The first-order valence-corrected chi connectivity index (χ1v) is 5.61. The van der Waals surface area contributed by atoms with Gasteiger partial charge in [-0.3, -0.25) is 4.79 Å². The van der Waals surface area contributed by atoms with Crippen molar-refractivity contribution in [3.8, 4) is 0 Å². The van der Waals surface area contributed by atoms with E-state index in [2.05, 4.69) is 21.7 Å². The molecule has 0 spiro atoms. The summed E-state index contributed by atoms with van der Waals surface area (Å²) in [7, 11) is 2.06. The third kappa shape index (κ3) is 5.20. The second-order valence-electron chi connectivity index (χ2n) is 2.99. The van der Waals surface area contributed by atoms with E-state index in [1.54, 1.807) is 0 Å². The predicted octanol–water partition coefficient (Wildman–Crippen LogP) is 2.38. The van der Waals surface area contributed by atoms with Crippen LogP contribution in [0.25, 0.3) is 5.32 Å². The van der Waals surface area contributed by atoms with Gasteiger partial charge in [0.05, 0.1) is 6.23 Å². The topological polar surface area (TPSA) is 49.6 Å². The first-order valence-electron chi connectivity index (χ1n) is 4.00. The zero-order valence-electron chi connectivity index (χ0n) is 8.11. The van der Waals surface area contributed by atoms with E-state index < -0.39 is 22.0 Å². The average molecular weight is 381 g/mol. The molecule has 0 aromatic carbocycles. The van der Waals surface area contributed by atoms with Gasteiger partial charge in [0.2, 0.25) is 3.79 Å². The van der Waals surface area contributed by atoms with Crippen molar-refractivity contribution in [2.45, 2.75) is 28.6 Å². The minimum atomic E-state index is -1.73. The van der Waals surface area contributed by atoms with Crippen LogP contribution in [-0.2, 0) is 46.8 Å². The summed E-state index contributed by atoms with van der Waals surface area (Å²) < 4.78 is 7.88. The molecule has 16 heavy (non-hydrogen) atoms. The monoisotopic (exact) mass is 380 g/mol. The molecular weight excluding hydrogens is 372 g/mol. The van der Waals surface area contributed by atoms with Gasteiger partial charge < -0.3 is 21.5 Å². The zero-order valence-corrected chi connectivity index (χ0v) is 14.4. The number of ether oxygens (including phenoxy) is 1. The Kier molecular flexibility index (Phi) is 8.23. The number of alkyl halides is 3. The molecule has 0 bridgehead atoms. The Morgan fingerprint density at radius 3 is 2.56 bits per heavy atom. The Hall–Kier alpha value is 1.79. The number of carbonyl (C=O) groups is 1. The van der Waals surface area contributed by atoms with Crippen LogP contribution >= 0.6 is 44.3 Å². The largest absolute Gasteiger partial charge is 0.610 e. The minimum absolute atomic E-state index is 0. The van der Waals surface area contributed by atoms with Gasteiger partial charge >= 0.3 is 0 Å². The van der Waals surface area contributed by atoms with Gasteiger partial charge in [-0.1, -0.05) is 47.3 Å². The molecule has 1 saturated heterocycles. The van der Waals surface area contributed by atoms with Gasteiger partial charge in [0.15, 0.2) is 0 Å². The maximum atomic E-state index is 11.3. The van der Waals surface area contributed by atoms with Crippen molar-refractivity contribution in [1.82, 2.24) is 0 Å². The molecule has 0 aliphatic carbocycles. The van der Waals surface area contributed by atoms with Crippen molar-refractivity contribution in [1.29, 1.82) is 0 Å². The van der Waals surface area contributed by atoms with Crippen LogP contribution in [0, 0.1) is 6.92 Å². The van der Waals surface area contributed by atoms with Crippen molar-refractivity contribution < 1.29 is 46.8 Å². The molecule has 4 atom stereocenters. The molecule has 0 aromatic rings. The number of nitrogens with zero attached hydrogens (tertiary/aromatic N) is 1. The smallest absolute Gasteiger partial charge is 0.286 e. The van der Waals surface area contributed by atoms with Crippen LogP contribution in [0.3, 0.4) is 0 Å². The number of carbonyl (C=O) groups excluding carboxylic acids is 1. The van der Waals surface area contributed by atoms with E-state index in [1.807, 2.05) is 0 Å². The van der Waals surface area contributed by atoms with Gasteiger partial charge in [-0.2, -0.15) is 0 Å². The summed E-state index contributed by atoms with van der Waals surface area (Å²) in [6.45, 7) is 3.63. The van der Waals surface area contributed by atoms with Crippen molar-refractivity contribution >= 4 is 50.2 Å². The maximum Gasteiger partial charge on any atom is 0.286 e. The molecule has 0 saturated carbocycles. The van der Waals surface area contributed by atoms with Crippen LogP contribution < -0.4 is 0 Å². The van der Waals surface area contributed by atoms with Gasteiger partial charge in [0.25, 0.3) is 5.97 Å². The Bertz CT molecular complexity index is 254. The summed E-state index contributed by atoms with van der Waals surface area (Å²) in [5.41, 5.74) is 0. The van der Waals surface area contributed by atoms with Crippen LogP contribution in [0.2, 0.25) is 0 Å². The van der Waals surface area contributed by atoms with Gasteiger partial charge in [-0.05, 0) is 15.5 Å². The molecule has 4 nitrogen and oxygen atoms in total. The SMILES string of the molecule is [CH2-]C(CC1[N-]C(C(Cl)(Cl)Cl)OC1=O)OP.[Y]. The normalized spacial score (nSPS) is 27.2. The van der Waals surface area contributed by atoms with E-state index in [-0.39, 0.29) is 38.8 Å². The predicted molar refractivity (Wildman–Crippen MR) is 61.9 cm³/mol. The number of halogens is 3. The van der Waals surface area contributed by atoms with E-state index in [1.165, 1.54) is 0 Å². The maximum absolute atomic E-state index is 11.3. The number of cyclic esters (lactones) is 1. The summed E-state index contributed by atoms with van der Waals surface area (Å²) in [6, 6.07) is -0.686. The van der Waals surface area contributed by atoms with Gasteiger partial charge in [0.1, 0.15) is 0 Å². The first kappa shape index (κ1) is 17.8. The van der Waals surface area contributed by atoms with Crippen molar-refractivity contribution in [2.75, 3.05) is 0 Å². The molecule has 0 aromatic heterocycles. The Labute approximate surface area is 137 Å². The fraction of sp³-hybridized carbons (Fsp3) is 0.714. The molecule has 91 valence electrons. The fourth-order valence-corrected chi connectivity index (χ4v) is 1.47. The summed E-state index contributed by atoms with van der Waals surface area (Å²) >= 11 is 16.6. The number of esters is 1. The third-order valence-electron chi connectivity index (χ3n) is 1.77. The van der Waals surface area contributed by atoms with Crippen LogP contribution in [-0.4, -0.2) is 28.1 Å². The van der Waals surface area contributed by atoms with E-state index in [9.17, 15) is 4.79 Å². The average Bonchev–Trinajstić information content (AvgIpc) is 2.47. The minimum Gasteiger partial charge on any atom is -0.610 e. The molecule has 4 unspecified atom stereocenters. The molecule has 1 radical (unpaired) electrons. The quantitative estimate of drug-likeness (QED) is 0.326.